The van der Waals surface area contributed by atoms with Crippen LogP contribution < -0.4 is 20.1 Å². The zero-order valence-electron chi connectivity index (χ0n) is 14.6. The van der Waals surface area contributed by atoms with Gasteiger partial charge in [0.25, 0.3) is 0 Å². The molecule has 0 fully saturated rings. The molecular formula is C17H25N3O4. The second-order valence-electron chi connectivity index (χ2n) is 6.30. The lowest BCUT2D eigenvalue weighted by Crippen LogP contribution is -2.42. The van der Waals surface area contributed by atoms with Crippen molar-refractivity contribution in [3.05, 3.63) is 23.8 Å². The van der Waals surface area contributed by atoms with Gasteiger partial charge in [0.05, 0.1) is 19.1 Å². The third kappa shape index (κ3) is 5.13. The van der Waals surface area contributed by atoms with E-state index in [4.69, 9.17) is 9.47 Å². The average molecular weight is 335 g/mol. The minimum Gasteiger partial charge on any atom is -0.454 e. The van der Waals surface area contributed by atoms with Gasteiger partial charge < -0.3 is 20.1 Å². The average Bonchev–Trinajstić information content (AvgIpc) is 2.92. The van der Waals surface area contributed by atoms with Crippen LogP contribution in [0.15, 0.2) is 18.2 Å². The Bertz CT molecular complexity index is 603. The summed E-state index contributed by atoms with van der Waals surface area (Å²) in [7, 11) is 1.74. The van der Waals surface area contributed by atoms with E-state index in [1.165, 1.54) is 0 Å². The highest BCUT2D eigenvalue weighted by Gasteiger charge is 2.18. The Morgan fingerprint density at radius 2 is 1.71 bits per heavy atom. The van der Waals surface area contributed by atoms with E-state index in [1.807, 2.05) is 39.0 Å². The molecule has 0 saturated carbocycles. The molecule has 0 radical (unpaired) electrons. The summed E-state index contributed by atoms with van der Waals surface area (Å²) in [4.78, 5) is 25.5. The zero-order chi connectivity index (χ0) is 17.7. The number of nitrogens with one attached hydrogen (secondary N) is 2. The van der Waals surface area contributed by atoms with Crippen molar-refractivity contribution in [3.8, 4) is 11.5 Å². The summed E-state index contributed by atoms with van der Waals surface area (Å²) in [5.41, 5.74) is 0.938. The smallest absolute Gasteiger partial charge is 0.234 e. The van der Waals surface area contributed by atoms with Crippen LogP contribution in [0.5, 0.6) is 11.5 Å². The molecule has 2 rings (SSSR count). The molecule has 0 aliphatic carbocycles. The molecule has 7 heteroatoms. The van der Waals surface area contributed by atoms with E-state index < -0.39 is 0 Å². The number of likely N-dealkylation sites (N-methyl/N-ethyl adjacent to an activating group) is 1. The van der Waals surface area contributed by atoms with E-state index in [1.54, 1.807) is 11.9 Å². The normalized spacial score (nSPS) is 13.9. The molecule has 0 saturated heterocycles. The van der Waals surface area contributed by atoms with Gasteiger partial charge in [0, 0.05) is 6.04 Å². The number of carbonyl (C=O) groups excluding carboxylic acids is 2. The summed E-state index contributed by atoms with van der Waals surface area (Å²) in [6.45, 7) is 6.27. The summed E-state index contributed by atoms with van der Waals surface area (Å²) < 4.78 is 10.6. The fourth-order valence-corrected chi connectivity index (χ4v) is 2.47. The Labute approximate surface area is 142 Å². The van der Waals surface area contributed by atoms with Gasteiger partial charge in [-0.3, -0.25) is 14.5 Å². The Morgan fingerprint density at radius 1 is 1.08 bits per heavy atom. The summed E-state index contributed by atoms with van der Waals surface area (Å²) in [6, 6.07) is 5.53. The molecule has 1 aliphatic heterocycles. The number of hydrogen-bond donors (Lipinski definition) is 2. The van der Waals surface area contributed by atoms with Crippen LogP contribution in [0.25, 0.3) is 0 Å². The molecule has 1 aliphatic rings. The van der Waals surface area contributed by atoms with Crippen LogP contribution in [0.4, 0.5) is 0 Å². The van der Waals surface area contributed by atoms with Gasteiger partial charge in [-0.15, -0.1) is 0 Å². The van der Waals surface area contributed by atoms with Gasteiger partial charge in [0.1, 0.15) is 0 Å². The number of fused-ring (bicyclic) bond motifs is 1. The number of carbonyl (C=O) groups is 2. The van der Waals surface area contributed by atoms with Gasteiger partial charge in [-0.2, -0.15) is 0 Å². The van der Waals surface area contributed by atoms with Crippen LogP contribution in [-0.2, 0) is 9.59 Å². The van der Waals surface area contributed by atoms with Gasteiger partial charge in [0.2, 0.25) is 18.6 Å². The molecule has 1 atom stereocenters. The second kappa shape index (κ2) is 8.01. The topological polar surface area (TPSA) is 79.9 Å². The van der Waals surface area contributed by atoms with Crippen molar-refractivity contribution in [2.24, 2.45) is 0 Å². The maximum Gasteiger partial charge on any atom is 0.234 e. The Kier molecular flexibility index (Phi) is 6.03. The van der Waals surface area contributed by atoms with Crippen LogP contribution in [0, 0.1) is 0 Å². The molecule has 2 N–H and O–H groups in total. The van der Waals surface area contributed by atoms with E-state index in [0.29, 0.717) is 11.5 Å². The number of rotatable bonds is 7. The molecular weight excluding hydrogens is 310 g/mol. The van der Waals surface area contributed by atoms with Gasteiger partial charge in [-0.05, 0) is 45.5 Å². The minimum absolute atomic E-state index is 0.0887. The van der Waals surface area contributed by atoms with E-state index in [-0.39, 0.29) is 43.8 Å². The van der Waals surface area contributed by atoms with E-state index >= 15 is 0 Å². The molecule has 0 bridgehead atoms. The predicted molar refractivity (Wildman–Crippen MR) is 89.9 cm³/mol. The first-order chi connectivity index (χ1) is 11.3. The summed E-state index contributed by atoms with van der Waals surface area (Å²) in [5.74, 6) is 1.17. The van der Waals surface area contributed by atoms with E-state index in [9.17, 15) is 9.59 Å². The summed E-state index contributed by atoms with van der Waals surface area (Å²) in [5, 5.41) is 5.72. The molecule has 1 aromatic rings. The van der Waals surface area contributed by atoms with Crippen molar-refractivity contribution in [2.75, 3.05) is 26.9 Å². The molecule has 0 aromatic heterocycles. The molecule has 24 heavy (non-hydrogen) atoms. The number of nitrogens with zero attached hydrogens (tertiary/aromatic N) is 1. The highest BCUT2D eigenvalue weighted by atomic mass is 16.7. The van der Waals surface area contributed by atoms with Gasteiger partial charge in [0.15, 0.2) is 11.5 Å². The van der Waals surface area contributed by atoms with Crippen molar-refractivity contribution in [2.45, 2.75) is 32.9 Å². The molecule has 1 heterocycles. The SMILES string of the molecule is CC(C)NC(=O)CN(C)CC(=O)N[C@@H](C)c1ccc2c(c1)OCO2. The van der Waals surface area contributed by atoms with Crippen molar-refractivity contribution in [1.82, 2.24) is 15.5 Å². The number of hydrogen-bond acceptors (Lipinski definition) is 5. The van der Waals surface area contributed by atoms with Gasteiger partial charge in [-0.1, -0.05) is 6.07 Å². The summed E-state index contributed by atoms with van der Waals surface area (Å²) in [6.07, 6.45) is 0. The maximum atomic E-state index is 12.1. The molecule has 0 unspecified atom stereocenters. The van der Waals surface area contributed by atoms with E-state index in [2.05, 4.69) is 10.6 Å². The molecule has 132 valence electrons. The monoisotopic (exact) mass is 335 g/mol. The third-order valence-electron chi connectivity index (χ3n) is 3.55. The standard InChI is InChI=1S/C17H25N3O4/c1-11(2)18-16(21)8-20(4)9-17(22)19-12(3)13-5-6-14-15(7-13)24-10-23-14/h5-7,11-12H,8-10H2,1-4H3,(H,18,21)(H,19,22)/t12-/m0/s1. The van der Waals surface area contributed by atoms with Crippen molar-refractivity contribution >= 4 is 11.8 Å². The highest BCUT2D eigenvalue weighted by molar-refractivity contribution is 5.81. The maximum absolute atomic E-state index is 12.1. The van der Waals surface area contributed by atoms with Crippen LogP contribution in [0.3, 0.4) is 0 Å². The van der Waals surface area contributed by atoms with Crippen LogP contribution >= 0.6 is 0 Å². The van der Waals surface area contributed by atoms with Crippen molar-refractivity contribution in [1.29, 1.82) is 0 Å². The minimum atomic E-state index is -0.162. The lowest BCUT2D eigenvalue weighted by atomic mass is 10.1. The number of amides is 2. The largest absolute Gasteiger partial charge is 0.454 e. The first-order valence-corrected chi connectivity index (χ1v) is 8.02. The Morgan fingerprint density at radius 3 is 2.38 bits per heavy atom. The Hall–Kier alpha value is -2.28. The van der Waals surface area contributed by atoms with E-state index in [0.717, 1.165) is 5.56 Å². The van der Waals surface area contributed by atoms with Gasteiger partial charge >= 0.3 is 0 Å². The Balaban J connectivity index is 1.82. The van der Waals surface area contributed by atoms with Gasteiger partial charge in [-0.25, -0.2) is 0 Å². The molecule has 0 spiro atoms. The fourth-order valence-electron chi connectivity index (χ4n) is 2.47. The third-order valence-corrected chi connectivity index (χ3v) is 3.55. The van der Waals surface area contributed by atoms with Crippen LogP contribution in [0.2, 0.25) is 0 Å². The first kappa shape index (κ1) is 18.1. The summed E-state index contributed by atoms with van der Waals surface area (Å²) >= 11 is 0. The number of benzene rings is 1. The lowest BCUT2D eigenvalue weighted by molar-refractivity contribution is -0.125. The highest BCUT2D eigenvalue weighted by Crippen LogP contribution is 2.34. The second-order valence-corrected chi connectivity index (χ2v) is 6.30. The predicted octanol–water partition coefficient (Wildman–Crippen LogP) is 1.05. The first-order valence-electron chi connectivity index (χ1n) is 8.02. The van der Waals surface area contributed by atoms with Crippen LogP contribution in [0.1, 0.15) is 32.4 Å². The van der Waals surface area contributed by atoms with Crippen molar-refractivity contribution in [3.63, 3.8) is 0 Å². The lowest BCUT2D eigenvalue weighted by Gasteiger charge is -2.19. The fraction of sp³-hybridized carbons (Fsp3) is 0.529. The quantitative estimate of drug-likeness (QED) is 0.778. The van der Waals surface area contributed by atoms with Crippen molar-refractivity contribution < 1.29 is 19.1 Å². The van der Waals surface area contributed by atoms with Crippen LogP contribution in [-0.4, -0.2) is 49.7 Å². The number of ether oxygens (including phenoxy) is 2. The molecule has 2 amide bonds. The molecule has 1 aromatic carbocycles. The zero-order valence-corrected chi connectivity index (χ0v) is 14.6. The molecule has 7 nitrogen and oxygen atoms in total.